The van der Waals surface area contributed by atoms with Gasteiger partial charge in [0.25, 0.3) is 6.29 Å². The highest BCUT2D eigenvalue weighted by molar-refractivity contribution is 7.98. The molecule has 0 radical (unpaired) electrons. The maximum atomic E-state index is 9.88. The number of rotatable bonds is 4. The van der Waals surface area contributed by atoms with E-state index in [1.807, 2.05) is 0 Å². The molecule has 1 aliphatic heterocycles. The summed E-state index contributed by atoms with van der Waals surface area (Å²) in [5, 5.41) is 29.3. The van der Waals surface area contributed by atoms with Gasteiger partial charge >= 0.3 is 0 Å². The highest BCUT2D eigenvalue weighted by Crippen LogP contribution is 2.24. The normalized spacial score (nSPS) is 28.4. The second-order valence-corrected chi connectivity index (χ2v) is 5.69. The van der Waals surface area contributed by atoms with Crippen LogP contribution in [0.4, 0.5) is 0 Å². The van der Waals surface area contributed by atoms with Crippen LogP contribution in [-0.2, 0) is 4.74 Å². The Hall–Kier alpha value is -1.17. The SMILES string of the molecule is CSc1nc(Cl)c2ncn(O[C@H]3O[C@H](CO)[C@@H](O)[C@H]3O)c2n1. The van der Waals surface area contributed by atoms with Gasteiger partial charge in [0.05, 0.1) is 6.61 Å². The van der Waals surface area contributed by atoms with E-state index in [1.165, 1.54) is 22.8 Å². The van der Waals surface area contributed by atoms with Crippen LogP contribution in [0.3, 0.4) is 0 Å². The number of nitrogens with zero attached hydrogens (tertiary/aromatic N) is 4. The third-order valence-electron chi connectivity index (χ3n) is 3.20. The fraction of sp³-hybridized carbons (Fsp3) is 0.545. The highest BCUT2D eigenvalue weighted by atomic mass is 35.5. The number of thioether (sulfide) groups is 1. The molecule has 0 saturated carbocycles. The van der Waals surface area contributed by atoms with Crippen LogP contribution >= 0.6 is 23.4 Å². The van der Waals surface area contributed by atoms with Gasteiger partial charge in [0, 0.05) is 0 Å². The molecule has 0 spiro atoms. The van der Waals surface area contributed by atoms with Gasteiger partial charge in [-0.2, -0.15) is 4.98 Å². The predicted octanol–water partition coefficient (Wildman–Crippen LogP) is -0.931. The molecular formula is C11H13ClN4O5S. The van der Waals surface area contributed by atoms with E-state index in [1.54, 1.807) is 6.26 Å². The van der Waals surface area contributed by atoms with E-state index in [2.05, 4.69) is 15.0 Å². The van der Waals surface area contributed by atoms with Gasteiger partial charge in [0.1, 0.15) is 30.2 Å². The van der Waals surface area contributed by atoms with Gasteiger partial charge < -0.3 is 24.9 Å². The van der Waals surface area contributed by atoms with Crippen LogP contribution in [0, 0.1) is 0 Å². The number of aromatic nitrogens is 4. The molecule has 3 rings (SSSR count). The number of fused-ring (bicyclic) bond motifs is 1. The van der Waals surface area contributed by atoms with E-state index in [9.17, 15) is 10.2 Å². The first-order chi connectivity index (χ1) is 10.5. The van der Waals surface area contributed by atoms with Crippen LogP contribution in [0.5, 0.6) is 0 Å². The third-order valence-corrected chi connectivity index (χ3v) is 4.01. The molecule has 11 heteroatoms. The van der Waals surface area contributed by atoms with Gasteiger partial charge in [-0.3, -0.25) is 0 Å². The van der Waals surface area contributed by atoms with E-state index < -0.39 is 31.2 Å². The van der Waals surface area contributed by atoms with Gasteiger partial charge in [0.2, 0.25) is 5.65 Å². The molecule has 1 aliphatic rings. The van der Waals surface area contributed by atoms with Gasteiger partial charge in [-0.1, -0.05) is 23.4 Å². The number of aliphatic hydroxyl groups excluding tert-OH is 3. The number of halogens is 1. The molecule has 0 unspecified atom stereocenters. The molecule has 3 N–H and O–H groups in total. The Balaban J connectivity index is 1.90. The van der Waals surface area contributed by atoms with Crippen molar-refractivity contribution in [3.63, 3.8) is 0 Å². The van der Waals surface area contributed by atoms with Crippen LogP contribution in [-0.4, -0.2) is 72.5 Å². The van der Waals surface area contributed by atoms with Crippen molar-refractivity contribution in [1.82, 2.24) is 19.7 Å². The monoisotopic (exact) mass is 348 g/mol. The topological polar surface area (TPSA) is 123 Å². The van der Waals surface area contributed by atoms with E-state index >= 15 is 0 Å². The smallest absolute Gasteiger partial charge is 0.254 e. The molecule has 120 valence electrons. The Morgan fingerprint density at radius 2 is 2.18 bits per heavy atom. The minimum Gasteiger partial charge on any atom is -0.394 e. The first kappa shape index (κ1) is 15.7. The number of ether oxygens (including phenoxy) is 1. The Bertz CT molecular complexity index is 686. The molecule has 2 aromatic heterocycles. The van der Waals surface area contributed by atoms with Crippen LogP contribution in [0.15, 0.2) is 11.5 Å². The molecule has 3 heterocycles. The summed E-state index contributed by atoms with van der Waals surface area (Å²) in [6, 6.07) is 0. The van der Waals surface area contributed by atoms with Gasteiger partial charge in [-0.05, 0) is 6.26 Å². The average Bonchev–Trinajstić information content (AvgIpc) is 3.04. The second-order valence-electron chi connectivity index (χ2n) is 4.56. The van der Waals surface area contributed by atoms with Crippen molar-refractivity contribution >= 4 is 34.5 Å². The summed E-state index contributed by atoms with van der Waals surface area (Å²) in [5.41, 5.74) is 0.647. The summed E-state index contributed by atoms with van der Waals surface area (Å²) in [7, 11) is 0. The van der Waals surface area contributed by atoms with Crippen molar-refractivity contribution < 1.29 is 24.9 Å². The standard InChI is InChI=1S/C11H13ClN4O5S/c1-22-11-14-8(12)5-9(15-11)16(3-13-5)21-10-7(19)6(18)4(2-17)20-10/h3-4,6-7,10,17-19H,2H2,1H3/t4-,6-,7-,10-/m1/s1. The molecule has 0 amide bonds. The van der Waals surface area contributed by atoms with Crippen LogP contribution in [0.2, 0.25) is 5.15 Å². The molecule has 0 aromatic carbocycles. The quantitative estimate of drug-likeness (QED) is 0.365. The zero-order valence-corrected chi connectivity index (χ0v) is 12.9. The Kier molecular flexibility index (Phi) is 4.39. The minimum absolute atomic E-state index is 0.179. The summed E-state index contributed by atoms with van der Waals surface area (Å²) in [5.74, 6) is 0. The Morgan fingerprint density at radius 1 is 1.41 bits per heavy atom. The van der Waals surface area contributed by atoms with Gasteiger partial charge in [0.15, 0.2) is 10.3 Å². The summed E-state index contributed by atoms with van der Waals surface area (Å²) in [6.45, 7) is -0.437. The highest BCUT2D eigenvalue weighted by Gasteiger charge is 2.44. The first-order valence-electron chi connectivity index (χ1n) is 6.29. The lowest BCUT2D eigenvalue weighted by Crippen LogP contribution is -2.38. The summed E-state index contributed by atoms with van der Waals surface area (Å²) < 4.78 is 6.43. The molecule has 0 bridgehead atoms. The van der Waals surface area contributed by atoms with Crippen molar-refractivity contribution in [3.05, 3.63) is 11.5 Å². The number of aliphatic hydroxyl groups is 3. The largest absolute Gasteiger partial charge is 0.394 e. The lowest BCUT2D eigenvalue weighted by Gasteiger charge is -2.16. The first-order valence-corrected chi connectivity index (χ1v) is 7.89. The molecule has 0 aliphatic carbocycles. The number of imidazole rings is 1. The van der Waals surface area contributed by atoms with Crippen LogP contribution in [0.1, 0.15) is 0 Å². The zero-order chi connectivity index (χ0) is 15.9. The summed E-state index contributed by atoms with van der Waals surface area (Å²) >= 11 is 7.32. The molecule has 2 aromatic rings. The molecular weight excluding hydrogens is 336 g/mol. The number of hydrogen-bond donors (Lipinski definition) is 3. The minimum atomic E-state index is -1.31. The fourth-order valence-corrected chi connectivity index (χ4v) is 2.68. The fourth-order valence-electron chi connectivity index (χ4n) is 2.06. The van der Waals surface area contributed by atoms with E-state index in [-0.39, 0.29) is 5.15 Å². The molecule has 1 saturated heterocycles. The van der Waals surface area contributed by atoms with Crippen molar-refractivity contribution in [2.75, 3.05) is 12.9 Å². The molecule has 1 fully saturated rings. The summed E-state index contributed by atoms with van der Waals surface area (Å²) in [6.07, 6.45) is -1.54. The van der Waals surface area contributed by atoms with Crippen molar-refractivity contribution in [2.24, 2.45) is 0 Å². The van der Waals surface area contributed by atoms with Crippen molar-refractivity contribution in [1.29, 1.82) is 0 Å². The molecule has 4 atom stereocenters. The van der Waals surface area contributed by atoms with Gasteiger partial charge in [-0.15, -0.1) is 4.73 Å². The Labute approximate surface area is 133 Å². The van der Waals surface area contributed by atoms with Crippen molar-refractivity contribution in [3.8, 4) is 0 Å². The van der Waals surface area contributed by atoms with E-state index in [4.69, 9.17) is 26.3 Å². The maximum Gasteiger partial charge on any atom is 0.254 e. The lowest BCUT2D eigenvalue weighted by molar-refractivity contribution is -0.169. The Morgan fingerprint density at radius 3 is 2.82 bits per heavy atom. The van der Waals surface area contributed by atoms with Crippen LogP contribution < -0.4 is 4.84 Å². The lowest BCUT2D eigenvalue weighted by atomic mass is 10.1. The van der Waals surface area contributed by atoms with Crippen LogP contribution in [0.25, 0.3) is 11.2 Å². The second kappa shape index (κ2) is 6.14. The molecule has 22 heavy (non-hydrogen) atoms. The number of hydrogen-bond acceptors (Lipinski definition) is 9. The van der Waals surface area contributed by atoms with Gasteiger partial charge in [-0.25, -0.2) is 9.97 Å². The predicted molar refractivity (Wildman–Crippen MR) is 76.5 cm³/mol. The third kappa shape index (κ3) is 2.62. The van der Waals surface area contributed by atoms with E-state index in [0.29, 0.717) is 16.3 Å². The molecule has 9 nitrogen and oxygen atoms in total. The van der Waals surface area contributed by atoms with E-state index in [0.717, 1.165) is 0 Å². The summed E-state index contributed by atoms with van der Waals surface area (Å²) in [4.78, 5) is 17.8. The zero-order valence-electron chi connectivity index (χ0n) is 11.3. The van der Waals surface area contributed by atoms with Crippen molar-refractivity contribution in [2.45, 2.75) is 29.8 Å². The maximum absolute atomic E-state index is 9.88. The average molecular weight is 349 g/mol.